The van der Waals surface area contributed by atoms with E-state index in [9.17, 15) is 19.8 Å². The average molecular weight is 483 g/mol. The molecule has 0 heterocycles. The van der Waals surface area contributed by atoms with E-state index < -0.39 is 16.8 Å². The van der Waals surface area contributed by atoms with E-state index >= 15 is 0 Å². The number of aliphatic carboxylic acids is 1. The fraction of sp³-hybridized carbons (Fsp3) is 0.806. The smallest absolute Gasteiger partial charge is 0.309 e. The summed E-state index contributed by atoms with van der Waals surface area (Å²) in [5.41, 5.74) is 0.808. The van der Waals surface area contributed by atoms with Gasteiger partial charge in [-0.25, -0.2) is 0 Å². The summed E-state index contributed by atoms with van der Waals surface area (Å²) in [7, 11) is 0. The van der Waals surface area contributed by atoms with Crippen molar-refractivity contribution in [1.82, 2.24) is 0 Å². The predicted molar refractivity (Wildman–Crippen MR) is 138 cm³/mol. The van der Waals surface area contributed by atoms with Gasteiger partial charge >= 0.3 is 5.97 Å². The van der Waals surface area contributed by atoms with Gasteiger partial charge in [0.1, 0.15) is 0 Å². The van der Waals surface area contributed by atoms with Gasteiger partial charge in [-0.05, 0) is 111 Å². The summed E-state index contributed by atoms with van der Waals surface area (Å²) in [4.78, 5) is 26.0. The van der Waals surface area contributed by atoms with Crippen molar-refractivity contribution >= 4 is 11.8 Å². The van der Waals surface area contributed by atoms with Crippen molar-refractivity contribution in [2.24, 2.45) is 56.7 Å². The van der Waals surface area contributed by atoms with Crippen molar-refractivity contribution in [3.8, 4) is 0 Å². The molecule has 5 fully saturated rings. The van der Waals surface area contributed by atoms with E-state index in [4.69, 9.17) is 0 Å². The molecule has 0 aliphatic heterocycles. The van der Waals surface area contributed by atoms with Crippen LogP contribution in [0.1, 0.15) is 99.3 Å². The SMILES string of the molecule is C=C(C)[C@@H]1CC[C@]2(C(=O)O)CC[C@]3(C)[C@H](CC[C@@H]4[C@@]5(C)C/C(=C\O)C(=O)C(C)(C)[C@@H]5CC[C@]43C)[C@@H]12. The molecule has 0 aromatic rings. The number of carboxylic acids is 1. The lowest BCUT2D eigenvalue weighted by molar-refractivity contribution is -0.232. The molecule has 5 rings (SSSR count). The number of aliphatic hydroxyl groups excluding tert-OH is 1. The first-order valence-electron chi connectivity index (χ1n) is 14.0. The van der Waals surface area contributed by atoms with E-state index in [0.29, 0.717) is 35.7 Å². The van der Waals surface area contributed by atoms with Gasteiger partial charge in [-0.3, -0.25) is 9.59 Å². The molecule has 194 valence electrons. The lowest BCUT2D eigenvalue weighted by Crippen LogP contribution is -2.67. The number of carbonyl (C=O) groups excluding carboxylic acids is 1. The highest BCUT2D eigenvalue weighted by molar-refractivity contribution is 6.00. The number of aliphatic hydroxyl groups is 1. The summed E-state index contributed by atoms with van der Waals surface area (Å²) in [6, 6.07) is 0. The summed E-state index contributed by atoms with van der Waals surface area (Å²) in [5, 5.41) is 20.5. The number of hydrogen-bond acceptors (Lipinski definition) is 3. The van der Waals surface area contributed by atoms with Crippen LogP contribution in [0.15, 0.2) is 24.0 Å². The second kappa shape index (κ2) is 7.48. The van der Waals surface area contributed by atoms with Crippen LogP contribution in [-0.2, 0) is 9.59 Å². The number of carboxylic acid groups (broad SMARTS) is 1. The lowest BCUT2D eigenvalue weighted by Gasteiger charge is -2.72. The Morgan fingerprint density at radius 2 is 1.63 bits per heavy atom. The number of rotatable bonds is 2. The number of ketones is 1. The predicted octanol–water partition coefficient (Wildman–Crippen LogP) is 7.35. The number of Topliss-reactive ketones (excluding diaryl/α,β-unsaturated/α-hetero) is 1. The molecule has 0 radical (unpaired) electrons. The number of carbonyl (C=O) groups is 2. The highest BCUT2D eigenvalue weighted by Crippen LogP contribution is 2.77. The molecule has 5 aliphatic carbocycles. The quantitative estimate of drug-likeness (QED) is 0.245. The molecular formula is C31H46O4. The van der Waals surface area contributed by atoms with Crippen molar-refractivity contribution in [3.63, 3.8) is 0 Å². The second-order valence-corrected chi connectivity index (χ2v) is 14.5. The van der Waals surface area contributed by atoms with Crippen LogP contribution in [0.4, 0.5) is 0 Å². The maximum absolute atomic E-state index is 13.2. The van der Waals surface area contributed by atoms with Gasteiger partial charge in [-0.15, -0.1) is 0 Å². The molecule has 0 bridgehead atoms. The van der Waals surface area contributed by atoms with E-state index in [1.54, 1.807) is 0 Å². The first-order chi connectivity index (χ1) is 16.2. The molecule has 0 amide bonds. The Bertz CT molecular complexity index is 1010. The Balaban J connectivity index is 1.59. The average Bonchev–Trinajstić information content (AvgIpc) is 3.18. The molecule has 0 saturated heterocycles. The molecular weight excluding hydrogens is 436 g/mol. The van der Waals surface area contributed by atoms with Crippen LogP contribution in [-0.4, -0.2) is 22.0 Å². The molecule has 4 nitrogen and oxygen atoms in total. The standard InChI is InChI=1S/C31H46O4/c1-18(2)20-10-13-31(26(34)35)15-14-29(6)21(24(20)31)8-9-23-28(5)16-19(17-32)25(33)27(3,4)22(28)11-12-30(23,29)7/h17,20-24,32H,1,8-16H2,2-7H3,(H,34,35)/b19-17+/t20-,21+,22-,23+,24+,28-,29+,30+,31-/m0/s1. The van der Waals surface area contributed by atoms with Crippen LogP contribution < -0.4 is 0 Å². The summed E-state index contributed by atoms with van der Waals surface area (Å²) < 4.78 is 0. The Hall–Kier alpha value is -1.58. The van der Waals surface area contributed by atoms with Crippen LogP contribution in [0.2, 0.25) is 0 Å². The Kier molecular flexibility index (Phi) is 5.36. The Morgan fingerprint density at radius 1 is 0.943 bits per heavy atom. The molecule has 0 unspecified atom stereocenters. The summed E-state index contributed by atoms with van der Waals surface area (Å²) in [6.45, 7) is 18.0. The summed E-state index contributed by atoms with van der Waals surface area (Å²) >= 11 is 0. The van der Waals surface area contributed by atoms with Gasteiger partial charge in [-0.2, -0.15) is 0 Å². The normalized spacial score (nSPS) is 51.7. The Morgan fingerprint density at radius 3 is 2.23 bits per heavy atom. The minimum Gasteiger partial charge on any atom is -0.515 e. The molecule has 0 spiro atoms. The zero-order valence-electron chi connectivity index (χ0n) is 22.7. The highest BCUT2D eigenvalue weighted by atomic mass is 16.4. The van der Waals surface area contributed by atoms with E-state index in [0.717, 1.165) is 63.2 Å². The molecule has 9 atom stereocenters. The topological polar surface area (TPSA) is 74.6 Å². The van der Waals surface area contributed by atoms with Gasteiger partial charge < -0.3 is 10.2 Å². The van der Waals surface area contributed by atoms with Crippen LogP contribution >= 0.6 is 0 Å². The van der Waals surface area contributed by atoms with Gasteiger partial charge in [0.15, 0.2) is 5.78 Å². The second-order valence-electron chi connectivity index (χ2n) is 14.5. The van der Waals surface area contributed by atoms with Crippen LogP contribution in [0.3, 0.4) is 0 Å². The fourth-order valence-electron chi connectivity index (χ4n) is 11.5. The molecule has 4 heteroatoms. The minimum absolute atomic E-state index is 0.0439. The highest BCUT2D eigenvalue weighted by Gasteiger charge is 2.72. The molecule has 2 N–H and O–H groups in total. The first kappa shape index (κ1) is 25.1. The van der Waals surface area contributed by atoms with Crippen LogP contribution in [0.5, 0.6) is 0 Å². The first-order valence-corrected chi connectivity index (χ1v) is 14.0. The molecule has 0 aromatic carbocycles. The third kappa shape index (κ3) is 2.86. The third-order valence-corrected chi connectivity index (χ3v) is 13.2. The van der Waals surface area contributed by atoms with Gasteiger partial charge in [0.2, 0.25) is 0 Å². The molecule has 35 heavy (non-hydrogen) atoms. The molecule has 5 aliphatic rings. The maximum Gasteiger partial charge on any atom is 0.309 e. The monoisotopic (exact) mass is 482 g/mol. The lowest BCUT2D eigenvalue weighted by atomic mass is 9.32. The summed E-state index contributed by atoms with van der Waals surface area (Å²) in [6.07, 6.45) is 9.53. The van der Waals surface area contributed by atoms with Gasteiger partial charge in [-0.1, -0.05) is 46.8 Å². The Labute approximate surface area is 211 Å². The van der Waals surface area contributed by atoms with E-state index in [2.05, 4.69) is 48.1 Å². The molecule has 0 aromatic heterocycles. The third-order valence-electron chi connectivity index (χ3n) is 13.2. The zero-order valence-corrected chi connectivity index (χ0v) is 22.7. The fourth-order valence-corrected chi connectivity index (χ4v) is 11.5. The van der Waals surface area contributed by atoms with E-state index in [-0.39, 0.29) is 27.9 Å². The van der Waals surface area contributed by atoms with E-state index in [1.165, 1.54) is 0 Å². The van der Waals surface area contributed by atoms with Crippen LogP contribution in [0.25, 0.3) is 0 Å². The summed E-state index contributed by atoms with van der Waals surface area (Å²) in [5.74, 6) is 1.17. The largest absolute Gasteiger partial charge is 0.515 e. The van der Waals surface area contributed by atoms with Crippen LogP contribution in [0, 0.1) is 56.7 Å². The van der Waals surface area contributed by atoms with Gasteiger partial charge in [0.05, 0.1) is 11.7 Å². The van der Waals surface area contributed by atoms with Crippen molar-refractivity contribution in [2.45, 2.75) is 99.3 Å². The maximum atomic E-state index is 13.2. The van der Waals surface area contributed by atoms with E-state index in [1.807, 2.05) is 0 Å². The minimum atomic E-state index is -0.593. The zero-order chi connectivity index (χ0) is 25.8. The number of hydrogen-bond donors (Lipinski definition) is 2. The van der Waals surface area contributed by atoms with Crippen molar-refractivity contribution < 1.29 is 19.8 Å². The van der Waals surface area contributed by atoms with Crippen molar-refractivity contribution in [1.29, 1.82) is 0 Å². The number of fused-ring (bicyclic) bond motifs is 7. The van der Waals surface area contributed by atoms with Gasteiger partial charge in [0.25, 0.3) is 0 Å². The van der Waals surface area contributed by atoms with Crippen molar-refractivity contribution in [3.05, 3.63) is 24.0 Å². The molecule has 5 saturated carbocycles. The van der Waals surface area contributed by atoms with Gasteiger partial charge in [0, 0.05) is 11.0 Å². The number of allylic oxidation sites excluding steroid dienone is 2. The van der Waals surface area contributed by atoms with Crippen molar-refractivity contribution in [2.75, 3.05) is 0 Å².